The van der Waals surface area contributed by atoms with Gasteiger partial charge in [-0.05, 0) is 80.9 Å². The smallest absolute Gasteiger partial charge is 0.117 e. The minimum absolute atomic E-state index is 0.252. The average Bonchev–Trinajstić information content (AvgIpc) is 3.71. The third-order valence-corrected chi connectivity index (χ3v) is 5.77. The van der Waals surface area contributed by atoms with Crippen molar-refractivity contribution in [1.29, 1.82) is 0 Å². The lowest BCUT2D eigenvalue weighted by molar-refractivity contribution is 0.192. The normalized spacial score (nSPS) is 26.9. The molecular formula is C27H36O4. The van der Waals surface area contributed by atoms with E-state index in [0.717, 1.165) is 38.2 Å². The van der Waals surface area contributed by atoms with Crippen molar-refractivity contribution in [2.45, 2.75) is 52.2 Å². The van der Waals surface area contributed by atoms with Gasteiger partial charge in [0.15, 0.2) is 0 Å². The summed E-state index contributed by atoms with van der Waals surface area (Å²) in [4.78, 5) is 0. The Morgan fingerprint density at radius 2 is 1.68 bits per heavy atom. The van der Waals surface area contributed by atoms with Gasteiger partial charge >= 0.3 is 0 Å². The fourth-order valence-electron chi connectivity index (χ4n) is 3.61. The van der Waals surface area contributed by atoms with Crippen LogP contribution in [0.1, 0.15) is 40.0 Å². The van der Waals surface area contributed by atoms with Crippen LogP contribution < -0.4 is 0 Å². The first kappa shape index (κ1) is 23.4. The first-order chi connectivity index (χ1) is 15.1. The zero-order chi connectivity index (χ0) is 22.1. The summed E-state index contributed by atoms with van der Waals surface area (Å²) in [6, 6.07) is 0. The van der Waals surface area contributed by atoms with E-state index >= 15 is 0 Å². The van der Waals surface area contributed by atoms with Gasteiger partial charge in [-0.15, -0.1) is 0 Å². The van der Waals surface area contributed by atoms with Gasteiger partial charge in [0.2, 0.25) is 0 Å². The standard InChI is InChI=1S/C27H36O4/c1-5-21(9-8-20(4)28-16-26-18-30-26)23-10-12-24(13-11-23)22(6-2)14-15-25(7-3)29-17-27-19-31-27/h5-10,14-15,24,26-27H,4,11-13,16-19H2,1-3H3/b9-8-,15-14-,21-5+,22-6+,25-7+. The molecular weight excluding hydrogens is 388 g/mol. The van der Waals surface area contributed by atoms with Crippen molar-refractivity contribution < 1.29 is 18.9 Å². The first-order valence-corrected chi connectivity index (χ1v) is 11.3. The SMILES string of the molecule is C=C(/C=C\C(=C/C)C1=CCC(C(/C=C\C(=C/C)OCC2CO2)=C/C)CC1)OCC1CO1. The Hall–Kier alpha value is -2.30. The van der Waals surface area contributed by atoms with E-state index in [0.29, 0.717) is 24.9 Å². The van der Waals surface area contributed by atoms with Gasteiger partial charge in [0.05, 0.1) is 13.2 Å². The van der Waals surface area contributed by atoms with Gasteiger partial charge in [-0.1, -0.05) is 37.0 Å². The largest absolute Gasteiger partial charge is 0.491 e. The van der Waals surface area contributed by atoms with Gasteiger partial charge in [0, 0.05) is 0 Å². The Kier molecular flexibility index (Phi) is 8.98. The summed E-state index contributed by atoms with van der Waals surface area (Å²) in [5, 5.41) is 0. The highest BCUT2D eigenvalue weighted by Gasteiger charge is 2.24. The fourth-order valence-corrected chi connectivity index (χ4v) is 3.61. The summed E-state index contributed by atoms with van der Waals surface area (Å²) in [5.41, 5.74) is 4.01. The van der Waals surface area contributed by atoms with Crippen LogP contribution in [0.25, 0.3) is 0 Å². The molecule has 4 heteroatoms. The molecule has 168 valence electrons. The molecule has 0 radical (unpaired) electrons. The van der Waals surface area contributed by atoms with Gasteiger partial charge in [0.25, 0.3) is 0 Å². The molecule has 2 aliphatic heterocycles. The van der Waals surface area contributed by atoms with E-state index in [1.54, 1.807) is 0 Å². The van der Waals surface area contributed by atoms with Gasteiger partial charge in [-0.25, -0.2) is 0 Å². The summed E-state index contributed by atoms with van der Waals surface area (Å²) < 4.78 is 21.8. The molecule has 0 N–H and O–H groups in total. The molecule has 0 bridgehead atoms. The lowest BCUT2D eigenvalue weighted by Gasteiger charge is -2.24. The van der Waals surface area contributed by atoms with E-state index in [-0.39, 0.29) is 12.2 Å². The van der Waals surface area contributed by atoms with Crippen LogP contribution in [0.2, 0.25) is 0 Å². The van der Waals surface area contributed by atoms with Crippen LogP contribution in [0.3, 0.4) is 0 Å². The van der Waals surface area contributed by atoms with E-state index in [1.807, 2.05) is 19.1 Å². The highest BCUT2D eigenvalue weighted by molar-refractivity contribution is 5.42. The Balaban J connectivity index is 1.51. The molecule has 3 rings (SSSR count). The van der Waals surface area contributed by atoms with Crippen molar-refractivity contribution in [1.82, 2.24) is 0 Å². The Labute approximate surface area is 187 Å². The second kappa shape index (κ2) is 11.9. The van der Waals surface area contributed by atoms with Crippen LogP contribution in [0.4, 0.5) is 0 Å². The number of hydrogen-bond donors (Lipinski definition) is 0. The predicted molar refractivity (Wildman–Crippen MR) is 125 cm³/mol. The van der Waals surface area contributed by atoms with E-state index in [4.69, 9.17) is 18.9 Å². The van der Waals surface area contributed by atoms with Crippen molar-refractivity contribution in [3.05, 3.63) is 83.4 Å². The van der Waals surface area contributed by atoms with Crippen LogP contribution in [-0.4, -0.2) is 38.6 Å². The van der Waals surface area contributed by atoms with E-state index in [9.17, 15) is 0 Å². The van der Waals surface area contributed by atoms with Crippen molar-refractivity contribution in [2.75, 3.05) is 26.4 Å². The molecule has 0 aromatic carbocycles. The topological polar surface area (TPSA) is 43.5 Å². The lowest BCUT2D eigenvalue weighted by atomic mass is 9.82. The molecule has 3 unspecified atom stereocenters. The molecule has 3 aliphatic rings. The zero-order valence-corrected chi connectivity index (χ0v) is 19.1. The highest BCUT2D eigenvalue weighted by Crippen LogP contribution is 2.33. The quantitative estimate of drug-likeness (QED) is 0.220. The molecule has 1 aliphatic carbocycles. The summed E-state index contributed by atoms with van der Waals surface area (Å²) in [6.07, 6.45) is 20.9. The second-order valence-corrected chi connectivity index (χ2v) is 8.09. The number of ether oxygens (including phenoxy) is 4. The Morgan fingerprint density at radius 3 is 2.23 bits per heavy atom. The first-order valence-electron chi connectivity index (χ1n) is 11.3. The van der Waals surface area contributed by atoms with Crippen molar-refractivity contribution in [3.8, 4) is 0 Å². The molecule has 4 nitrogen and oxygen atoms in total. The van der Waals surface area contributed by atoms with Crippen LogP contribution in [0.5, 0.6) is 0 Å². The maximum Gasteiger partial charge on any atom is 0.117 e. The number of rotatable bonds is 12. The fraction of sp³-hybridized carbons (Fsp3) is 0.481. The van der Waals surface area contributed by atoms with E-state index < -0.39 is 0 Å². The molecule has 0 saturated carbocycles. The molecule has 0 aromatic rings. The van der Waals surface area contributed by atoms with Crippen LogP contribution in [0.15, 0.2) is 83.4 Å². The van der Waals surface area contributed by atoms with Crippen LogP contribution in [0, 0.1) is 5.92 Å². The molecule has 0 spiro atoms. The summed E-state index contributed by atoms with van der Waals surface area (Å²) in [7, 11) is 0. The second-order valence-electron chi connectivity index (χ2n) is 8.09. The third-order valence-electron chi connectivity index (χ3n) is 5.77. The summed E-state index contributed by atoms with van der Waals surface area (Å²) in [5.74, 6) is 2.12. The highest BCUT2D eigenvalue weighted by atomic mass is 16.6. The third kappa shape index (κ3) is 8.04. The van der Waals surface area contributed by atoms with Crippen molar-refractivity contribution in [2.24, 2.45) is 5.92 Å². The molecule has 2 heterocycles. The van der Waals surface area contributed by atoms with Crippen LogP contribution in [-0.2, 0) is 18.9 Å². The van der Waals surface area contributed by atoms with Crippen molar-refractivity contribution >= 4 is 0 Å². The molecule has 2 fully saturated rings. The average molecular weight is 425 g/mol. The van der Waals surface area contributed by atoms with Gasteiger partial charge < -0.3 is 18.9 Å². The Morgan fingerprint density at radius 1 is 0.968 bits per heavy atom. The molecule has 0 aromatic heterocycles. The lowest BCUT2D eigenvalue weighted by Crippen LogP contribution is -2.09. The molecule has 0 amide bonds. The van der Waals surface area contributed by atoms with Crippen molar-refractivity contribution in [3.63, 3.8) is 0 Å². The Bertz CT molecular complexity index is 801. The zero-order valence-electron chi connectivity index (χ0n) is 19.1. The molecule has 2 saturated heterocycles. The maximum atomic E-state index is 5.81. The monoisotopic (exact) mass is 424 g/mol. The van der Waals surface area contributed by atoms with E-state index in [2.05, 4.69) is 56.9 Å². The molecule has 31 heavy (non-hydrogen) atoms. The van der Waals surface area contributed by atoms with E-state index in [1.165, 1.54) is 16.7 Å². The minimum Gasteiger partial charge on any atom is -0.491 e. The van der Waals surface area contributed by atoms with Crippen LogP contribution >= 0.6 is 0 Å². The van der Waals surface area contributed by atoms with Gasteiger partial charge in [-0.2, -0.15) is 0 Å². The summed E-state index contributed by atoms with van der Waals surface area (Å²) in [6.45, 7) is 13.0. The number of epoxide rings is 2. The number of hydrogen-bond acceptors (Lipinski definition) is 4. The number of allylic oxidation sites excluding steroid dienone is 11. The predicted octanol–water partition coefficient (Wildman–Crippen LogP) is 5.97. The maximum absolute atomic E-state index is 5.81. The molecule has 3 atom stereocenters. The summed E-state index contributed by atoms with van der Waals surface area (Å²) >= 11 is 0. The van der Waals surface area contributed by atoms with Gasteiger partial charge in [0.1, 0.15) is 36.9 Å². The van der Waals surface area contributed by atoms with Gasteiger partial charge in [-0.3, -0.25) is 0 Å². The minimum atomic E-state index is 0.252.